The Morgan fingerprint density at radius 2 is 1.33 bits per heavy atom. The Balaban J connectivity index is 1.61. The number of nitriles is 1. The van der Waals surface area contributed by atoms with E-state index in [1.807, 2.05) is 6.07 Å². The number of carbonyl (C=O) groups excluding carboxylic acids is 2. The Bertz CT molecular complexity index is 820. The molecule has 1 fully saturated rings. The predicted molar refractivity (Wildman–Crippen MR) is 144 cm³/mol. The van der Waals surface area contributed by atoms with Crippen LogP contribution in [0.25, 0.3) is 0 Å². The van der Waals surface area contributed by atoms with Crippen LogP contribution in [0.4, 0.5) is 0 Å². The summed E-state index contributed by atoms with van der Waals surface area (Å²) in [6, 6.07) is 8.46. The molecule has 0 radical (unpaired) electrons. The Morgan fingerprint density at radius 3 is 1.83 bits per heavy atom. The molecule has 1 aliphatic carbocycles. The summed E-state index contributed by atoms with van der Waals surface area (Å²) in [5.74, 6) is 0.756. The van der Waals surface area contributed by atoms with E-state index in [4.69, 9.17) is 9.47 Å². The van der Waals surface area contributed by atoms with E-state index in [1.54, 1.807) is 38.1 Å². The fourth-order valence-corrected chi connectivity index (χ4v) is 4.87. The van der Waals surface area contributed by atoms with Crippen LogP contribution in [-0.2, 0) is 9.59 Å². The zero-order valence-corrected chi connectivity index (χ0v) is 22.9. The van der Waals surface area contributed by atoms with Crippen molar-refractivity contribution >= 4 is 11.9 Å². The van der Waals surface area contributed by atoms with E-state index in [9.17, 15) is 14.9 Å². The number of esters is 2. The van der Waals surface area contributed by atoms with E-state index in [2.05, 4.69) is 6.92 Å². The van der Waals surface area contributed by atoms with Gasteiger partial charge in [0.1, 0.15) is 11.5 Å². The molecule has 2 rings (SSSR count). The zero-order valence-electron chi connectivity index (χ0n) is 22.9. The van der Waals surface area contributed by atoms with Crippen molar-refractivity contribution in [2.45, 2.75) is 124 Å². The molecule has 200 valence electrons. The second-order valence-corrected chi connectivity index (χ2v) is 10.8. The smallest absolute Gasteiger partial charge is 0.331 e. The average molecular weight is 498 g/mol. The van der Waals surface area contributed by atoms with Crippen LogP contribution in [0.15, 0.2) is 24.3 Å². The topological polar surface area (TPSA) is 76.4 Å². The van der Waals surface area contributed by atoms with Crippen LogP contribution < -0.4 is 9.47 Å². The van der Waals surface area contributed by atoms with Crippen LogP contribution in [0.5, 0.6) is 11.5 Å². The molecule has 36 heavy (non-hydrogen) atoms. The molecule has 1 atom stereocenters. The minimum absolute atomic E-state index is 0.0349. The number of carbonyl (C=O) groups is 2. The normalized spacial score (nSPS) is 19.2. The van der Waals surface area contributed by atoms with E-state index in [-0.39, 0.29) is 11.9 Å². The van der Waals surface area contributed by atoms with Gasteiger partial charge in [0.15, 0.2) is 5.41 Å². The standard InChI is InChI=1S/C31H47NO4/c1-4-6-7-8-9-10-11-12-13-14-15-25-16-18-26(19-17-25)29(33)35-27-20-22-28(23-21-27)36-30(34)31(3,5-2)24-32/h20-23,25-26H,4-19H2,1-3H3. The number of benzene rings is 1. The molecule has 0 amide bonds. The lowest BCUT2D eigenvalue weighted by Gasteiger charge is -2.27. The van der Waals surface area contributed by atoms with Crippen molar-refractivity contribution in [2.75, 3.05) is 0 Å². The molecule has 0 N–H and O–H groups in total. The van der Waals surface area contributed by atoms with Crippen LogP contribution in [0, 0.1) is 28.6 Å². The van der Waals surface area contributed by atoms with Crippen molar-refractivity contribution in [3.05, 3.63) is 24.3 Å². The van der Waals surface area contributed by atoms with Crippen molar-refractivity contribution in [3.8, 4) is 17.6 Å². The number of unbranched alkanes of at least 4 members (excludes halogenated alkanes) is 9. The van der Waals surface area contributed by atoms with Gasteiger partial charge in [-0.2, -0.15) is 5.26 Å². The maximum absolute atomic E-state index is 12.6. The summed E-state index contributed by atoms with van der Waals surface area (Å²) in [5, 5.41) is 9.22. The minimum Gasteiger partial charge on any atom is -0.426 e. The van der Waals surface area contributed by atoms with Gasteiger partial charge in [0.25, 0.3) is 0 Å². The van der Waals surface area contributed by atoms with E-state index in [0.29, 0.717) is 17.9 Å². The molecule has 1 aliphatic rings. The van der Waals surface area contributed by atoms with Gasteiger partial charge in [0.2, 0.25) is 0 Å². The molecule has 0 aliphatic heterocycles. The van der Waals surface area contributed by atoms with Crippen LogP contribution in [0.2, 0.25) is 0 Å². The fraction of sp³-hybridized carbons (Fsp3) is 0.710. The summed E-state index contributed by atoms with van der Waals surface area (Å²) in [6.45, 7) is 5.61. The van der Waals surface area contributed by atoms with Gasteiger partial charge in [-0.15, -0.1) is 0 Å². The highest BCUT2D eigenvalue weighted by Crippen LogP contribution is 2.33. The number of hydrogen-bond donors (Lipinski definition) is 0. The van der Waals surface area contributed by atoms with Crippen molar-refractivity contribution in [1.82, 2.24) is 0 Å². The molecule has 1 saturated carbocycles. The third-order valence-electron chi connectivity index (χ3n) is 7.80. The van der Waals surface area contributed by atoms with E-state index >= 15 is 0 Å². The highest BCUT2D eigenvalue weighted by molar-refractivity contribution is 5.81. The van der Waals surface area contributed by atoms with Gasteiger partial charge in [-0.05, 0) is 69.2 Å². The summed E-state index contributed by atoms with van der Waals surface area (Å²) in [6.07, 6.45) is 19.4. The maximum atomic E-state index is 12.6. The lowest BCUT2D eigenvalue weighted by molar-refractivity contribution is -0.142. The SMILES string of the molecule is CCCCCCCCCCCCC1CCC(C(=O)Oc2ccc(OC(=O)C(C)(C#N)CC)cc2)CC1. The first-order chi connectivity index (χ1) is 17.4. The molecule has 1 aromatic rings. The molecule has 1 unspecified atom stereocenters. The molecule has 1 aromatic carbocycles. The first-order valence-electron chi connectivity index (χ1n) is 14.4. The van der Waals surface area contributed by atoms with Gasteiger partial charge >= 0.3 is 11.9 Å². The number of hydrogen-bond acceptors (Lipinski definition) is 5. The molecule has 0 aromatic heterocycles. The molecular formula is C31H47NO4. The van der Waals surface area contributed by atoms with Crippen LogP contribution in [0.3, 0.4) is 0 Å². The van der Waals surface area contributed by atoms with Crippen molar-refractivity contribution in [1.29, 1.82) is 5.26 Å². The summed E-state index contributed by atoms with van der Waals surface area (Å²) < 4.78 is 10.9. The second kappa shape index (κ2) is 16.4. The molecule has 5 heteroatoms. The predicted octanol–water partition coefficient (Wildman–Crippen LogP) is 8.55. The second-order valence-electron chi connectivity index (χ2n) is 10.8. The van der Waals surface area contributed by atoms with Gasteiger partial charge in [-0.1, -0.05) is 84.5 Å². The molecule has 0 spiro atoms. The summed E-state index contributed by atoms with van der Waals surface area (Å²) in [5.41, 5.74) is -1.17. The Morgan fingerprint density at radius 1 is 0.833 bits per heavy atom. The monoisotopic (exact) mass is 497 g/mol. The lowest BCUT2D eigenvalue weighted by Crippen LogP contribution is -2.29. The van der Waals surface area contributed by atoms with Gasteiger partial charge in [-0.25, -0.2) is 4.79 Å². The highest BCUT2D eigenvalue weighted by Gasteiger charge is 2.33. The summed E-state index contributed by atoms with van der Waals surface area (Å²) in [7, 11) is 0. The number of rotatable bonds is 16. The van der Waals surface area contributed by atoms with Crippen LogP contribution in [-0.4, -0.2) is 11.9 Å². The van der Waals surface area contributed by atoms with Gasteiger partial charge in [0.05, 0.1) is 12.0 Å². The fourth-order valence-electron chi connectivity index (χ4n) is 4.87. The van der Waals surface area contributed by atoms with E-state index in [1.165, 1.54) is 70.6 Å². The minimum atomic E-state index is -1.17. The first kappa shape index (κ1) is 29.9. The maximum Gasteiger partial charge on any atom is 0.331 e. The van der Waals surface area contributed by atoms with Crippen LogP contribution in [0.1, 0.15) is 124 Å². The molecular weight excluding hydrogens is 450 g/mol. The van der Waals surface area contributed by atoms with E-state index < -0.39 is 11.4 Å². The third kappa shape index (κ3) is 10.3. The van der Waals surface area contributed by atoms with Crippen LogP contribution >= 0.6 is 0 Å². The Labute approximate surface area is 218 Å². The third-order valence-corrected chi connectivity index (χ3v) is 7.80. The highest BCUT2D eigenvalue weighted by atomic mass is 16.5. The average Bonchev–Trinajstić information content (AvgIpc) is 2.90. The quantitative estimate of drug-likeness (QED) is 0.130. The van der Waals surface area contributed by atoms with Gasteiger partial charge in [0, 0.05) is 0 Å². The zero-order chi connectivity index (χ0) is 26.2. The lowest BCUT2D eigenvalue weighted by atomic mass is 9.80. The molecule has 5 nitrogen and oxygen atoms in total. The number of nitrogens with zero attached hydrogens (tertiary/aromatic N) is 1. The summed E-state index contributed by atoms with van der Waals surface area (Å²) >= 11 is 0. The molecule has 0 saturated heterocycles. The van der Waals surface area contributed by atoms with E-state index in [0.717, 1.165) is 31.6 Å². The van der Waals surface area contributed by atoms with Gasteiger partial charge in [-0.3, -0.25) is 4.79 Å². The molecule has 0 bridgehead atoms. The first-order valence-corrected chi connectivity index (χ1v) is 14.4. The summed E-state index contributed by atoms with van der Waals surface area (Å²) in [4.78, 5) is 24.9. The molecule has 0 heterocycles. The van der Waals surface area contributed by atoms with Crippen molar-refractivity contribution in [2.24, 2.45) is 17.3 Å². The van der Waals surface area contributed by atoms with Crippen molar-refractivity contribution < 1.29 is 19.1 Å². The van der Waals surface area contributed by atoms with Gasteiger partial charge < -0.3 is 9.47 Å². The Hall–Kier alpha value is -2.35. The largest absolute Gasteiger partial charge is 0.426 e. The number of ether oxygens (including phenoxy) is 2. The Kier molecular flexibility index (Phi) is 13.6. The van der Waals surface area contributed by atoms with Crippen molar-refractivity contribution in [3.63, 3.8) is 0 Å².